The molecule has 1 atom stereocenters. The van der Waals surface area contributed by atoms with Crippen LogP contribution in [0.1, 0.15) is 187 Å². The van der Waals surface area contributed by atoms with Crippen molar-refractivity contribution in [3.05, 3.63) is 78.4 Å². The number of unbranched alkanes of at least 4 members (excludes halogenated alkanes) is 21. The van der Waals surface area contributed by atoms with Gasteiger partial charge in [0.25, 0.3) is 0 Å². The molecular weight excluding hydrogens is 625 g/mol. The molecule has 0 aromatic heterocycles. The Hall–Kier alpha value is -3.07. The average Bonchev–Trinajstić information content (AvgIpc) is 3.16. The molecule has 282 valence electrons. The summed E-state index contributed by atoms with van der Waals surface area (Å²) in [6.45, 7) is 7.31. The van der Waals surface area contributed by atoms with E-state index in [2.05, 4.69) is 86.6 Å². The topological polar surface area (TPSA) is 35.5 Å². The maximum atomic E-state index is 12.5. The maximum absolute atomic E-state index is 12.5. The van der Waals surface area contributed by atoms with E-state index in [-0.39, 0.29) is 12.1 Å². The number of benzene rings is 3. The first-order valence-electron chi connectivity index (χ1n) is 21.2. The average molecular weight is 697 g/mol. The van der Waals surface area contributed by atoms with E-state index in [9.17, 15) is 4.79 Å². The first kappa shape index (κ1) is 42.3. The summed E-state index contributed by atoms with van der Waals surface area (Å²) >= 11 is 0. The lowest BCUT2D eigenvalue weighted by atomic mass is 9.93. The fourth-order valence-corrected chi connectivity index (χ4v) is 7.04. The molecule has 51 heavy (non-hydrogen) atoms. The minimum atomic E-state index is -0.253. The van der Waals surface area contributed by atoms with E-state index in [1.54, 1.807) is 0 Å². The van der Waals surface area contributed by atoms with Gasteiger partial charge in [-0.1, -0.05) is 209 Å². The van der Waals surface area contributed by atoms with E-state index in [1.165, 1.54) is 145 Å². The lowest BCUT2D eigenvalue weighted by Crippen LogP contribution is -2.08. The molecule has 0 N–H and O–H groups in total. The zero-order valence-electron chi connectivity index (χ0n) is 32.9. The summed E-state index contributed by atoms with van der Waals surface area (Å²) in [6.07, 6.45) is 30.6. The Labute approximate surface area is 313 Å². The van der Waals surface area contributed by atoms with E-state index < -0.39 is 0 Å². The highest BCUT2D eigenvalue weighted by molar-refractivity contribution is 5.83. The molecule has 3 aromatic carbocycles. The summed E-state index contributed by atoms with van der Waals surface area (Å²) in [5.74, 6) is 0.851. The molecule has 3 aromatic rings. The summed E-state index contributed by atoms with van der Waals surface area (Å²) in [5.41, 5.74) is 5.75. The Kier molecular flexibility index (Phi) is 22.9. The monoisotopic (exact) mass is 697 g/mol. The second-order valence-corrected chi connectivity index (χ2v) is 14.8. The minimum absolute atomic E-state index is 0.0896. The molecular formula is C48H72O3. The van der Waals surface area contributed by atoms with Crippen molar-refractivity contribution in [2.24, 2.45) is 0 Å². The van der Waals surface area contributed by atoms with Gasteiger partial charge in [0.15, 0.2) is 0 Å². The zero-order valence-corrected chi connectivity index (χ0v) is 32.9. The van der Waals surface area contributed by atoms with Gasteiger partial charge < -0.3 is 9.47 Å². The van der Waals surface area contributed by atoms with Crippen LogP contribution < -0.4 is 4.74 Å². The molecule has 3 rings (SSSR count). The van der Waals surface area contributed by atoms with Crippen molar-refractivity contribution in [2.45, 2.75) is 181 Å². The van der Waals surface area contributed by atoms with Gasteiger partial charge in [0.1, 0.15) is 11.9 Å². The van der Waals surface area contributed by atoms with Crippen LogP contribution in [-0.2, 0) is 9.53 Å². The normalized spacial score (nSPS) is 11.8. The van der Waals surface area contributed by atoms with Crippen LogP contribution in [0.15, 0.2) is 72.8 Å². The van der Waals surface area contributed by atoms with Crippen LogP contribution in [0.3, 0.4) is 0 Å². The lowest BCUT2D eigenvalue weighted by molar-refractivity contribution is -0.148. The van der Waals surface area contributed by atoms with Gasteiger partial charge in [0.05, 0.1) is 6.61 Å². The molecule has 0 aliphatic carbocycles. The van der Waals surface area contributed by atoms with Gasteiger partial charge >= 0.3 is 5.97 Å². The summed E-state index contributed by atoms with van der Waals surface area (Å²) in [7, 11) is 0. The third-order valence-corrected chi connectivity index (χ3v) is 10.3. The van der Waals surface area contributed by atoms with Crippen LogP contribution in [0.5, 0.6) is 5.75 Å². The Morgan fingerprint density at radius 3 is 1.33 bits per heavy atom. The van der Waals surface area contributed by atoms with Crippen molar-refractivity contribution in [2.75, 3.05) is 6.61 Å². The van der Waals surface area contributed by atoms with Crippen LogP contribution in [0.25, 0.3) is 22.3 Å². The largest absolute Gasteiger partial charge is 0.494 e. The predicted molar refractivity (Wildman–Crippen MR) is 219 cm³/mol. The molecule has 0 saturated heterocycles. The van der Waals surface area contributed by atoms with Crippen LogP contribution in [-0.4, -0.2) is 12.6 Å². The minimum Gasteiger partial charge on any atom is -0.494 e. The number of hydrogen-bond donors (Lipinski definition) is 0. The quantitative estimate of drug-likeness (QED) is 0.0514. The zero-order chi connectivity index (χ0) is 36.2. The first-order valence-corrected chi connectivity index (χ1v) is 21.2. The smallest absolute Gasteiger partial charge is 0.306 e. The number of hydrogen-bond acceptors (Lipinski definition) is 3. The molecule has 0 aliphatic heterocycles. The van der Waals surface area contributed by atoms with E-state index in [1.807, 2.05) is 6.92 Å². The SMILES string of the molecule is CCCCCCCCCCCCCCCOc1ccc(-c2ccccc2-c2ccc(C(C)OC(=O)CCCCCCCCCCCC)cc2)cc1. The number of carbonyl (C=O) groups is 1. The molecule has 0 fully saturated rings. The van der Waals surface area contributed by atoms with Crippen LogP contribution >= 0.6 is 0 Å². The molecule has 0 spiro atoms. The second kappa shape index (κ2) is 27.6. The van der Waals surface area contributed by atoms with E-state index in [4.69, 9.17) is 9.47 Å². The van der Waals surface area contributed by atoms with Gasteiger partial charge in [0, 0.05) is 6.42 Å². The third-order valence-electron chi connectivity index (χ3n) is 10.3. The van der Waals surface area contributed by atoms with Crippen molar-refractivity contribution in [1.82, 2.24) is 0 Å². The second-order valence-electron chi connectivity index (χ2n) is 14.8. The van der Waals surface area contributed by atoms with E-state index in [0.29, 0.717) is 6.42 Å². The molecule has 3 heteroatoms. The standard InChI is InChI=1S/C48H72O3/c1-4-6-8-10-12-14-16-17-18-20-22-24-28-40-50-45-38-36-44(37-39-45)47-30-27-26-29-46(47)43-34-32-42(33-35-43)41(3)51-48(49)31-25-23-21-19-15-13-11-9-7-5-2/h26-27,29-30,32-39,41H,4-25,28,31,40H2,1-3H3. The number of carbonyl (C=O) groups excluding carboxylic acids is 1. The highest BCUT2D eigenvalue weighted by Gasteiger charge is 2.13. The van der Waals surface area contributed by atoms with Gasteiger partial charge in [0.2, 0.25) is 0 Å². The van der Waals surface area contributed by atoms with Crippen molar-refractivity contribution < 1.29 is 14.3 Å². The summed E-state index contributed by atoms with van der Waals surface area (Å²) < 4.78 is 11.9. The van der Waals surface area contributed by atoms with Crippen LogP contribution in [0.2, 0.25) is 0 Å². The van der Waals surface area contributed by atoms with Gasteiger partial charge in [-0.05, 0) is 59.7 Å². The Bertz CT molecular complexity index is 1280. The maximum Gasteiger partial charge on any atom is 0.306 e. The molecule has 0 heterocycles. The lowest BCUT2D eigenvalue weighted by Gasteiger charge is -2.15. The molecule has 0 amide bonds. The third kappa shape index (κ3) is 18.3. The highest BCUT2D eigenvalue weighted by Crippen LogP contribution is 2.34. The summed E-state index contributed by atoms with van der Waals surface area (Å²) in [5, 5.41) is 0. The number of rotatable bonds is 30. The van der Waals surface area contributed by atoms with Crippen LogP contribution in [0, 0.1) is 0 Å². The van der Waals surface area contributed by atoms with Crippen molar-refractivity contribution in [1.29, 1.82) is 0 Å². The Balaban J connectivity index is 1.34. The first-order chi connectivity index (χ1) is 25.1. The summed E-state index contributed by atoms with van der Waals surface area (Å²) in [4.78, 5) is 12.5. The number of esters is 1. The molecule has 3 nitrogen and oxygen atoms in total. The van der Waals surface area contributed by atoms with Gasteiger partial charge in [-0.15, -0.1) is 0 Å². The van der Waals surface area contributed by atoms with Crippen molar-refractivity contribution in [3.8, 4) is 28.0 Å². The number of ether oxygens (including phenoxy) is 2. The van der Waals surface area contributed by atoms with Gasteiger partial charge in [-0.25, -0.2) is 0 Å². The van der Waals surface area contributed by atoms with E-state index >= 15 is 0 Å². The Morgan fingerprint density at radius 1 is 0.490 bits per heavy atom. The van der Waals surface area contributed by atoms with Crippen molar-refractivity contribution >= 4 is 5.97 Å². The molecule has 0 saturated carbocycles. The summed E-state index contributed by atoms with van der Waals surface area (Å²) in [6, 6.07) is 25.6. The van der Waals surface area contributed by atoms with Crippen molar-refractivity contribution in [3.63, 3.8) is 0 Å². The fourth-order valence-electron chi connectivity index (χ4n) is 7.04. The predicted octanol–water partition coefficient (Wildman–Crippen LogP) is 15.4. The Morgan fingerprint density at radius 2 is 0.882 bits per heavy atom. The van der Waals surface area contributed by atoms with Gasteiger partial charge in [-0.2, -0.15) is 0 Å². The fraction of sp³-hybridized carbons (Fsp3) is 0.604. The molecule has 0 aliphatic rings. The molecule has 1 unspecified atom stereocenters. The van der Waals surface area contributed by atoms with Crippen LogP contribution in [0.4, 0.5) is 0 Å². The molecule has 0 bridgehead atoms. The molecule has 0 radical (unpaired) electrons. The highest BCUT2D eigenvalue weighted by atomic mass is 16.5. The van der Waals surface area contributed by atoms with E-state index in [0.717, 1.165) is 42.7 Å². The van der Waals surface area contributed by atoms with Gasteiger partial charge in [-0.3, -0.25) is 4.79 Å².